The predicted molar refractivity (Wildman–Crippen MR) is 89.4 cm³/mol. The average Bonchev–Trinajstić information content (AvgIpc) is 2.54. The molecule has 27 heavy (non-hydrogen) atoms. The van der Waals surface area contributed by atoms with Gasteiger partial charge in [0.15, 0.2) is 0 Å². The van der Waals surface area contributed by atoms with Crippen LogP contribution in [0.3, 0.4) is 0 Å². The highest BCUT2D eigenvalue weighted by Gasteiger charge is 2.27. The van der Waals surface area contributed by atoms with Crippen molar-refractivity contribution in [3.05, 3.63) is 28.3 Å². The van der Waals surface area contributed by atoms with E-state index < -0.39 is 38.2 Å². The van der Waals surface area contributed by atoms with Gasteiger partial charge in [-0.25, -0.2) is 8.42 Å². The minimum Gasteiger partial charge on any atom is -0.744 e. The molecule has 0 atom stereocenters. The van der Waals surface area contributed by atoms with Crippen molar-refractivity contribution in [2.75, 3.05) is 25.0 Å². The fraction of sp³-hybridized carbons (Fsp3) is 0.600. The van der Waals surface area contributed by atoms with Gasteiger partial charge in [-0.3, -0.25) is 10.1 Å². The molecule has 1 aromatic rings. The number of hydrogen-bond acceptors (Lipinski definition) is 7. The quantitative estimate of drug-likeness (QED) is 0.417. The van der Waals surface area contributed by atoms with Crippen molar-refractivity contribution in [3.63, 3.8) is 0 Å². The molecule has 8 nitrogen and oxygen atoms in total. The number of alkyl halides is 3. The lowest BCUT2D eigenvalue weighted by atomic mass is 10.0. The van der Waals surface area contributed by atoms with Crippen molar-refractivity contribution in [1.82, 2.24) is 4.90 Å². The van der Waals surface area contributed by atoms with E-state index in [0.29, 0.717) is 32.5 Å². The second kappa shape index (κ2) is 8.40. The minimum absolute atomic E-state index is 0.0260. The highest BCUT2D eigenvalue weighted by molar-refractivity contribution is 7.85. The summed E-state index contributed by atoms with van der Waals surface area (Å²) in [7, 11) is -4.80. The molecular formula is C15H19F3N3O5S-. The van der Waals surface area contributed by atoms with E-state index >= 15 is 0 Å². The van der Waals surface area contributed by atoms with E-state index in [9.17, 15) is 36.3 Å². The zero-order valence-electron chi connectivity index (χ0n) is 14.2. The summed E-state index contributed by atoms with van der Waals surface area (Å²) in [6.45, 7) is 1.44. The highest BCUT2D eigenvalue weighted by Crippen LogP contribution is 2.29. The predicted octanol–water partition coefficient (Wildman–Crippen LogP) is 2.72. The van der Waals surface area contributed by atoms with E-state index in [2.05, 4.69) is 5.32 Å². The Labute approximate surface area is 154 Å². The molecule has 1 saturated heterocycles. The van der Waals surface area contributed by atoms with Gasteiger partial charge in [0.1, 0.15) is 15.8 Å². The van der Waals surface area contributed by atoms with Gasteiger partial charge in [0.2, 0.25) is 0 Å². The fourth-order valence-corrected chi connectivity index (χ4v) is 3.45. The number of rotatable bonds is 7. The molecule has 0 saturated carbocycles. The maximum absolute atomic E-state index is 12.2. The Balaban J connectivity index is 1.94. The maximum Gasteiger partial charge on any atom is 0.389 e. The Morgan fingerprint density at radius 2 is 1.89 bits per heavy atom. The Kier molecular flexibility index (Phi) is 6.65. The lowest BCUT2D eigenvalue weighted by molar-refractivity contribution is -0.384. The monoisotopic (exact) mass is 410 g/mol. The van der Waals surface area contributed by atoms with Crippen LogP contribution in [0.2, 0.25) is 0 Å². The molecule has 0 aliphatic carbocycles. The maximum atomic E-state index is 12.2. The number of piperidine rings is 1. The van der Waals surface area contributed by atoms with E-state index in [1.165, 1.54) is 6.07 Å². The van der Waals surface area contributed by atoms with Gasteiger partial charge in [0.25, 0.3) is 5.69 Å². The zero-order chi connectivity index (χ0) is 20.2. The third-order valence-electron chi connectivity index (χ3n) is 4.34. The zero-order valence-corrected chi connectivity index (χ0v) is 15.1. The van der Waals surface area contributed by atoms with Crippen LogP contribution in [0.4, 0.5) is 24.5 Å². The van der Waals surface area contributed by atoms with Crippen LogP contribution in [0.25, 0.3) is 0 Å². The summed E-state index contributed by atoms with van der Waals surface area (Å²) < 4.78 is 69.6. The molecule has 1 N–H and O–H groups in total. The van der Waals surface area contributed by atoms with Crippen molar-refractivity contribution in [2.45, 2.75) is 42.8 Å². The molecule has 1 aliphatic heterocycles. The van der Waals surface area contributed by atoms with Gasteiger partial charge >= 0.3 is 6.18 Å². The third kappa shape index (κ3) is 6.63. The number of halogens is 3. The smallest absolute Gasteiger partial charge is 0.389 e. The molecule has 1 aromatic carbocycles. The first-order valence-electron chi connectivity index (χ1n) is 8.26. The lowest BCUT2D eigenvalue weighted by Crippen LogP contribution is -2.39. The molecule has 152 valence electrons. The van der Waals surface area contributed by atoms with E-state index in [1.54, 1.807) is 0 Å². The molecule has 1 fully saturated rings. The number of nitro benzene ring substituents is 1. The number of anilines is 1. The molecule has 0 amide bonds. The molecule has 1 aliphatic rings. The number of nitrogens with one attached hydrogen (secondary N) is 1. The summed E-state index contributed by atoms with van der Waals surface area (Å²) in [4.78, 5) is 11.6. The first kappa shape index (κ1) is 21.4. The molecule has 0 spiro atoms. The van der Waals surface area contributed by atoms with Crippen molar-refractivity contribution in [2.24, 2.45) is 0 Å². The van der Waals surface area contributed by atoms with Gasteiger partial charge in [0.05, 0.1) is 9.82 Å². The molecule has 12 heteroatoms. The summed E-state index contributed by atoms with van der Waals surface area (Å²) in [5, 5.41) is 14.1. The van der Waals surface area contributed by atoms with E-state index in [4.69, 9.17) is 0 Å². The van der Waals surface area contributed by atoms with E-state index in [-0.39, 0.29) is 18.2 Å². The highest BCUT2D eigenvalue weighted by atomic mass is 32.2. The summed E-state index contributed by atoms with van der Waals surface area (Å²) in [5.74, 6) is 0. The fourth-order valence-electron chi connectivity index (χ4n) is 2.96. The molecule has 0 radical (unpaired) electrons. The van der Waals surface area contributed by atoms with Crippen molar-refractivity contribution >= 4 is 21.5 Å². The SMILES string of the molecule is O=[N+]([O-])c1cc(S(=O)(=O)[O-])ccc1NC1CCN(CCCC(F)(F)F)CC1. The van der Waals surface area contributed by atoms with Crippen LogP contribution in [-0.4, -0.2) is 54.6 Å². The van der Waals surface area contributed by atoms with Crippen LogP contribution in [0.1, 0.15) is 25.7 Å². The first-order chi connectivity index (χ1) is 12.5. The van der Waals surface area contributed by atoms with E-state index in [0.717, 1.165) is 12.1 Å². The summed E-state index contributed by atoms with van der Waals surface area (Å²) >= 11 is 0. The van der Waals surface area contributed by atoms with Crippen LogP contribution in [0, 0.1) is 10.1 Å². The normalized spacial score (nSPS) is 17.0. The molecule has 0 bridgehead atoms. The number of likely N-dealkylation sites (tertiary alicyclic amines) is 1. The van der Waals surface area contributed by atoms with Gasteiger partial charge in [-0.15, -0.1) is 0 Å². The number of benzene rings is 1. The Hall–Kier alpha value is -1.92. The standard InChI is InChI=1S/C15H20F3N3O5S/c16-15(17,18)6-1-7-20-8-4-11(5-9-20)19-13-3-2-12(27(24,25)26)10-14(13)21(22)23/h2-3,10-11,19H,1,4-9H2,(H,24,25,26)/p-1. The third-order valence-corrected chi connectivity index (χ3v) is 5.17. The Bertz CT molecular complexity index is 777. The van der Waals surface area contributed by atoms with Crippen molar-refractivity contribution < 1.29 is 31.1 Å². The molecule has 0 unspecified atom stereocenters. The largest absolute Gasteiger partial charge is 0.744 e. The average molecular weight is 410 g/mol. The van der Waals surface area contributed by atoms with Crippen molar-refractivity contribution in [1.29, 1.82) is 0 Å². The molecule has 2 rings (SSSR count). The second-order valence-corrected chi connectivity index (χ2v) is 7.75. The van der Waals surface area contributed by atoms with Gasteiger partial charge < -0.3 is 14.8 Å². The molecule has 1 heterocycles. The second-order valence-electron chi connectivity index (χ2n) is 6.37. The lowest BCUT2D eigenvalue weighted by Gasteiger charge is -2.32. The van der Waals surface area contributed by atoms with Crippen LogP contribution >= 0.6 is 0 Å². The van der Waals surface area contributed by atoms with Gasteiger partial charge in [0, 0.05) is 31.6 Å². The molecular weight excluding hydrogens is 391 g/mol. The van der Waals surface area contributed by atoms with Gasteiger partial charge in [-0.05, 0) is 37.9 Å². The van der Waals surface area contributed by atoms with Crippen LogP contribution in [0.5, 0.6) is 0 Å². The number of hydrogen-bond donors (Lipinski definition) is 1. The van der Waals surface area contributed by atoms with E-state index in [1.807, 2.05) is 4.90 Å². The van der Waals surface area contributed by atoms with Gasteiger partial charge in [-0.2, -0.15) is 13.2 Å². The van der Waals surface area contributed by atoms with Crippen molar-refractivity contribution in [3.8, 4) is 0 Å². The topological polar surface area (TPSA) is 116 Å². The summed E-state index contributed by atoms with van der Waals surface area (Å²) in [5.41, 5.74) is -0.414. The Morgan fingerprint density at radius 1 is 1.26 bits per heavy atom. The van der Waals surface area contributed by atoms with Gasteiger partial charge in [-0.1, -0.05) is 0 Å². The van der Waals surface area contributed by atoms with Crippen LogP contribution in [-0.2, 0) is 10.1 Å². The Morgan fingerprint density at radius 3 is 2.41 bits per heavy atom. The number of nitrogens with zero attached hydrogens (tertiary/aromatic N) is 2. The summed E-state index contributed by atoms with van der Waals surface area (Å²) in [6, 6.07) is 2.76. The number of nitro groups is 1. The molecule has 0 aromatic heterocycles. The first-order valence-corrected chi connectivity index (χ1v) is 9.66. The summed E-state index contributed by atoms with van der Waals surface area (Å²) in [6.07, 6.45) is -3.82. The van der Waals surface area contributed by atoms with Crippen LogP contribution < -0.4 is 5.32 Å². The minimum atomic E-state index is -4.80. The van der Waals surface area contributed by atoms with Crippen LogP contribution in [0.15, 0.2) is 23.1 Å².